The van der Waals surface area contributed by atoms with E-state index in [1.807, 2.05) is 0 Å². The van der Waals surface area contributed by atoms with Crippen LogP contribution in [0.3, 0.4) is 0 Å². The summed E-state index contributed by atoms with van der Waals surface area (Å²) in [7, 11) is -3.58. The highest BCUT2D eigenvalue weighted by atomic mass is 32.2. The molecular weight excluding hydrogens is 247 g/mol. The van der Waals surface area contributed by atoms with Gasteiger partial charge in [-0.1, -0.05) is 6.07 Å². The lowest BCUT2D eigenvalue weighted by molar-refractivity contribution is -0.274. The smallest absolute Gasteiger partial charge is 0.405 e. The van der Waals surface area contributed by atoms with Crippen molar-refractivity contribution in [3.63, 3.8) is 0 Å². The topological polar surface area (TPSA) is 55.4 Å². The lowest BCUT2D eigenvalue weighted by atomic mass is 10.2. The monoisotopic (exact) mass is 253 g/mol. The summed E-state index contributed by atoms with van der Waals surface area (Å²) < 4.78 is 64.2. The van der Waals surface area contributed by atoms with Gasteiger partial charge in [0.15, 0.2) is 0 Å². The van der Waals surface area contributed by atoms with Gasteiger partial charge in [0.1, 0.15) is 5.75 Å². The maximum atomic E-state index is 12.0. The van der Waals surface area contributed by atoms with Crippen molar-refractivity contribution in [2.45, 2.75) is 12.1 Å². The number of hydrogen-bond acceptors (Lipinski definition) is 3. The fourth-order valence-corrected chi connectivity index (χ4v) is 2.70. The molecule has 16 heavy (non-hydrogen) atoms. The first-order chi connectivity index (χ1) is 7.27. The molecule has 4 nitrogen and oxygen atoms in total. The van der Waals surface area contributed by atoms with Gasteiger partial charge in [-0.3, -0.25) is 4.72 Å². The zero-order chi connectivity index (χ0) is 12.0. The minimum Gasteiger partial charge on any atom is -0.405 e. The van der Waals surface area contributed by atoms with Gasteiger partial charge in [0.25, 0.3) is 0 Å². The van der Waals surface area contributed by atoms with Crippen LogP contribution in [0, 0.1) is 0 Å². The van der Waals surface area contributed by atoms with Crippen molar-refractivity contribution in [1.29, 1.82) is 0 Å². The Bertz CT molecular complexity index is 524. The maximum Gasteiger partial charge on any atom is 0.573 e. The van der Waals surface area contributed by atoms with Crippen LogP contribution in [0.15, 0.2) is 18.2 Å². The molecule has 1 aromatic rings. The summed E-state index contributed by atoms with van der Waals surface area (Å²) >= 11 is 0. The summed E-state index contributed by atoms with van der Waals surface area (Å²) in [5.41, 5.74) is 0.126. The second-order valence-electron chi connectivity index (χ2n) is 3.19. The fraction of sp³-hybridized carbons (Fsp3) is 0.250. The fourth-order valence-electron chi connectivity index (χ4n) is 1.42. The summed E-state index contributed by atoms with van der Waals surface area (Å²) in [6, 6.07) is 3.74. The Morgan fingerprint density at radius 1 is 1.31 bits per heavy atom. The molecule has 0 aliphatic carbocycles. The molecule has 1 heterocycles. The van der Waals surface area contributed by atoms with E-state index in [2.05, 4.69) is 9.46 Å². The van der Waals surface area contributed by atoms with Crippen molar-refractivity contribution >= 4 is 15.7 Å². The van der Waals surface area contributed by atoms with Gasteiger partial charge in [0, 0.05) is 5.56 Å². The van der Waals surface area contributed by atoms with Crippen LogP contribution in [0.25, 0.3) is 0 Å². The Labute approximate surface area is 89.1 Å². The third-order valence-electron chi connectivity index (χ3n) is 1.96. The number of hydrogen-bond donors (Lipinski definition) is 1. The third-order valence-corrected chi connectivity index (χ3v) is 3.16. The highest BCUT2D eigenvalue weighted by molar-refractivity contribution is 7.92. The van der Waals surface area contributed by atoms with Crippen molar-refractivity contribution in [1.82, 2.24) is 0 Å². The van der Waals surface area contributed by atoms with Gasteiger partial charge in [-0.25, -0.2) is 8.42 Å². The lowest BCUT2D eigenvalue weighted by Gasteiger charge is -2.11. The van der Waals surface area contributed by atoms with Crippen molar-refractivity contribution in [3.8, 4) is 5.75 Å². The molecular formula is C8H6F3NO3S. The van der Waals surface area contributed by atoms with Crippen LogP contribution < -0.4 is 9.46 Å². The lowest BCUT2D eigenvalue weighted by Crippen LogP contribution is -2.18. The second-order valence-corrected chi connectivity index (χ2v) is 4.91. The molecule has 0 amide bonds. The van der Waals surface area contributed by atoms with Gasteiger partial charge in [0.05, 0.1) is 11.4 Å². The van der Waals surface area contributed by atoms with E-state index in [4.69, 9.17) is 0 Å². The van der Waals surface area contributed by atoms with E-state index in [0.29, 0.717) is 0 Å². The highest BCUT2D eigenvalue weighted by Crippen LogP contribution is 2.36. The van der Waals surface area contributed by atoms with Crippen molar-refractivity contribution < 1.29 is 26.3 Å². The number of alkyl halides is 3. The molecule has 88 valence electrons. The average molecular weight is 253 g/mol. The number of halogens is 3. The molecule has 0 saturated heterocycles. The van der Waals surface area contributed by atoms with Gasteiger partial charge in [-0.2, -0.15) is 0 Å². The molecule has 1 N–H and O–H groups in total. The van der Waals surface area contributed by atoms with Crippen molar-refractivity contribution in [3.05, 3.63) is 23.8 Å². The number of benzene rings is 1. The third kappa shape index (κ3) is 2.21. The summed E-state index contributed by atoms with van der Waals surface area (Å²) in [5.74, 6) is -0.993. The standard InChI is InChI=1S/C8H6F3NO3S/c9-8(10,11)15-7-3-1-2-6-5(7)4-16(13,14)12-6/h1-3,12H,4H2. The van der Waals surface area contributed by atoms with Crippen LogP contribution in [-0.4, -0.2) is 14.8 Å². The van der Waals surface area contributed by atoms with Crippen LogP contribution in [0.4, 0.5) is 18.9 Å². The predicted molar refractivity (Wildman–Crippen MR) is 49.4 cm³/mol. The molecule has 1 aliphatic heterocycles. The van der Waals surface area contributed by atoms with Crippen LogP contribution >= 0.6 is 0 Å². The number of ether oxygens (including phenoxy) is 1. The number of nitrogens with one attached hydrogen (secondary N) is 1. The van der Waals surface area contributed by atoms with Crippen LogP contribution in [0.2, 0.25) is 0 Å². The number of anilines is 1. The zero-order valence-corrected chi connectivity index (χ0v) is 8.52. The van der Waals surface area contributed by atoms with Crippen molar-refractivity contribution in [2.75, 3.05) is 4.72 Å². The molecule has 0 atom stereocenters. The minimum atomic E-state index is -4.83. The Morgan fingerprint density at radius 2 is 2.00 bits per heavy atom. The molecule has 2 rings (SSSR count). The van der Waals surface area contributed by atoms with Crippen LogP contribution in [-0.2, 0) is 15.8 Å². The number of rotatable bonds is 1. The first-order valence-electron chi connectivity index (χ1n) is 4.15. The first-order valence-corrected chi connectivity index (χ1v) is 5.80. The van der Waals surface area contributed by atoms with E-state index in [9.17, 15) is 21.6 Å². The van der Waals surface area contributed by atoms with Gasteiger partial charge < -0.3 is 4.74 Å². The second kappa shape index (κ2) is 3.27. The molecule has 0 fully saturated rings. The SMILES string of the molecule is O=S1(=O)Cc2c(cccc2OC(F)(F)F)N1. The van der Waals surface area contributed by atoms with E-state index in [0.717, 1.165) is 6.07 Å². The average Bonchev–Trinajstić information content (AvgIpc) is 2.37. The molecule has 0 spiro atoms. The van der Waals surface area contributed by atoms with Crippen molar-refractivity contribution in [2.24, 2.45) is 0 Å². The molecule has 0 bridgehead atoms. The van der Waals surface area contributed by atoms with Gasteiger partial charge >= 0.3 is 6.36 Å². The molecule has 8 heteroatoms. The molecule has 1 aliphatic rings. The van der Waals surface area contributed by atoms with E-state index >= 15 is 0 Å². The van der Waals surface area contributed by atoms with Crippen LogP contribution in [0.5, 0.6) is 5.75 Å². The Kier molecular flexibility index (Phi) is 2.26. The molecule has 0 radical (unpaired) electrons. The highest BCUT2D eigenvalue weighted by Gasteiger charge is 2.35. The number of sulfonamides is 1. The molecule has 1 aromatic carbocycles. The van der Waals surface area contributed by atoms with E-state index in [1.165, 1.54) is 12.1 Å². The molecule has 0 unspecified atom stereocenters. The van der Waals surface area contributed by atoms with Gasteiger partial charge in [0.2, 0.25) is 10.0 Å². The maximum absolute atomic E-state index is 12.0. The summed E-state index contributed by atoms with van der Waals surface area (Å²) in [4.78, 5) is 0. The molecule has 0 aromatic heterocycles. The van der Waals surface area contributed by atoms with Gasteiger partial charge in [-0.05, 0) is 12.1 Å². The van der Waals surface area contributed by atoms with Crippen LogP contribution in [0.1, 0.15) is 5.56 Å². The summed E-state index contributed by atoms with van der Waals surface area (Å²) in [6.07, 6.45) is -4.83. The summed E-state index contributed by atoms with van der Waals surface area (Å²) in [5, 5.41) is 0. The number of fused-ring (bicyclic) bond motifs is 1. The first kappa shape index (κ1) is 11.1. The van der Waals surface area contributed by atoms with E-state index in [1.54, 1.807) is 0 Å². The van der Waals surface area contributed by atoms with E-state index in [-0.39, 0.29) is 11.3 Å². The quantitative estimate of drug-likeness (QED) is 0.830. The minimum absolute atomic E-state index is 0.000162. The van der Waals surface area contributed by atoms with Gasteiger partial charge in [-0.15, -0.1) is 13.2 Å². The largest absolute Gasteiger partial charge is 0.573 e. The Hall–Kier alpha value is -1.44. The summed E-state index contributed by atoms with van der Waals surface area (Å²) in [6.45, 7) is 0. The zero-order valence-electron chi connectivity index (χ0n) is 7.71. The normalized spacial score (nSPS) is 17.7. The Morgan fingerprint density at radius 3 is 2.62 bits per heavy atom. The Balaban J connectivity index is 2.41. The predicted octanol–water partition coefficient (Wildman–Crippen LogP) is 1.84. The van der Waals surface area contributed by atoms with E-state index < -0.39 is 27.9 Å². The molecule has 0 saturated carbocycles.